The highest BCUT2D eigenvalue weighted by molar-refractivity contribution is 6.00. The predicted molar refractivity (Wildman–Crippen MR) is 96.8 cm³/mol. The summed E-state index contributed by atoms with van der Waals surface area (Å²) in [5, 5.41) is 0. The molecule has 0 heterocycles. The SMILES string of the molecule is CCC(C)=CCCC(C)C(=O)C(C=O)c1ccc(C(C)C)cc1. The van der Waals surface area contributed by atoms with Crippen LogP contribution in [0.1, 0.15) is 76.8 Å². The first-order chi connectivity index (χ1) is 10.9. The van der Waals surface area contributed by atoms with Gasteiger partial charge >= 0.3 is 0 Å². The third-order valence-corrected chi connectivity index (χ3v) is 4.54. The van der Waals surface area contributed by atoms with E-state index in [1.165, 1.54) is 11.1 Å². The van der Waals surface area contributed by atoms with Gasteiger partial charge in [0.2, 0.25) is 0 Å². The molecule has 0 aliphatic heterocycles. The Morgan fingerprint density at radius 1 is 1.09 bits per heavy atom. The zero-order valence-electron chi connectivity index (χ0n) is 15.1. The van der Waals surface area contributed by atoms with Crippen LogP contribution < -0.4 is 0 Å². The number of Topliss-reactive ketones (excluding diaryl/α,β-unsaturated/α-hetero) is 1. The number of rotatable bonds is 9. The average molecular weight is 314 g/mol. The Morgan fingerprint density at radius 3 is 2.13 bits per heavy atom. The van der Waals surface area contributed by atoms with Gasteiger partial charge in [-0.05, 0) is 43.2 Å². The third-order valence-electron chi connectivity index (χ3n) is 4.54. The van der Waals surface area contributed by atoms with E-state index in [0.29, 0.717) is 5.92 Å². The molecule has 2 atom stereocenters. The standard InChI is InChI=1S/C21H30O2/c1-6-16(4)8-7-9-17(5)21(23)20(14-22)19-12-10-18(11-13-19)15(2)3/h8,10-15,17,20H,6-7,9H2,1-5H3. The third kappa shape index (κ3) is 5.78. The monoisotopic (exact) mass is 314 g/mol. The highest BCUT2D eigenvalue weighted by Gasteiger charge is 2.24. The van der Waals surface area contributed by atoms with Gasteiger partial charge in [0, 0.05) is 5.92 Å². The van der Waals surface area contributed by atoms with E-state index >= 15 is 0 Å². The van der Waals surface area contributed by atoms with Crippen LogP contribution >= 0.6 is 0 Å². The number of benzene rings is 1. The highest BCUT2D eigenvalue weighted by atomic mass is 16.1. The second kappa shape index (κ2) is 9.44. The fraction of sp³-hybridized carbons (Fsp3) is 0.524. The van der Waals surface area contributed by atoms with Gasteiger partial charge in [-0.25, -0.2) is 0 Å². The first-order valence-corrected chi connectivity index (χ1v) is 8.65. The molecular weight excluding hydrogens is 284 g/mol. The van der Waals surface area contributed by atoms with Gasteiger partial charge in [0.15, 0.2) is 0 Å². The Bertz CT molecular complexity index is 537. The molecule has 0 radical (unpaired) electrons. The molecule has 2 nitrogen and oxygen atoms in total. The van der Waals surface area contributed by atoms with Crippen molar-refractivity contribution in [1.29, 1.82) is 0 Å². The molecule has 0 fully saturated rings. The summed E-state index contributed by atoms with van der Waals surface area (Å²) in [6, 6.07) is 7.86. The lowest BCUT2D eigenvalue weighted by Crippen LogP contribution is -2.21. The molecule has 1 rings (SSSR count). The largest absolute Gasteiger partial charge is 0.302 e. The number of carbonyl (C=O) groups excluding carboxylic acids is 2. The minimum atomic E-state index is -0.637. The van der Waals surface area contributed by atoms with Crippen molar-refractivity contribution in [3.63, 3.8) is 0 Å². The predicted octanol–water partition coefficient (Wildman–Crippen LogP) is 5.43. The summed E-state index contributed by atoms with van der Waals surface area (Å²) in [6.07, 6.45) is 5.71. The van der Waals surface area contributed by atoms with Gasteiger partial charge in [-0.3, -0.25) is 4.79 Å². The molecule has 0 spiro atoms. The lowest BCUT2D eigenvalue weighted by molar-refractivity contribution is -0.127. The van der Waals surface area contributed by atoms with Crippen LogP contribution in [0.4, 0.5) is 0 Å². The molecule has 0 aliphatic carbocycles. The van der Waals surface area contributed by atoms with Crippen molar-refractivity contribution in [2.24, 2.45) is 5.92 Å². The van der Waals surface area contributed by atoms with E-state index in [1.54, 1.807) is 0 Å². The van der Waals surface area contributed by atoms with Crippen molar-refractivity contribution in [1.82, 2.24) is 0 Å². The summed E-state index contributed by atoms with van der Waals surface area (Å²) in [5.74, 6) is -0.264. The number of ketones is 1. The van der Waals surface area contributed by atoms with Gasteiger partial charge in [-0.2, -0.15) is 0 Å². The van der Waals surface area contributed by atoms with Gasteiger partial charge in [0.25, 0.3) is 0 Å². The second-order valence-corrected chi connectivity index (χ2v) is 6.72. The van der Waals surface area contributed by atoms with E-state index in [2.05, 4.69) is 33.8 Å². The normalized spacial score (nSPS) is 14.6. The van der Waals surface area contributed by atoms with Crippen LogP contribution in [0.25, 0.3) is 0 Å². The molecule has 126 valence electrons. The van der Waals surface area contributed by atoms with Crippen LogP contribution in [0.15, 0.2) is 35.9 Å². The molecule has 1 aromatic rings. The molecule has 1 aromatic carbocycles. The number of carbonyl (C=O) groups is 2. The van der Waals surface area contributed by atoms with Crippen LogP contribution in [0.2, 0.25) is 0 Å². The van der Waals surface area contributed by atoms with Gasteiger partial charge in [0.1, 0.15) is 12.1 Å². The van der Waals surface area contributed by atoms with Crippen LogP contribution in [0.3, 0.4) is 0 Å². The average Bonchev–Trinajstić information content (AvgIpc) is 2.55. The van der Waals surface area contributed by atoms with Crippen molar-refractivity contribution in [3.05, 3.63) is 47.0 Å². The molecule has 0 saturated heterocycles. The summed E-state index contributed by atoms with van der Waals surface area (Å²) in [5.41, 5.74) is 3.38. The van der Waals surface area contributed by atoms with E-state index in [9.17, 15) is 9.59 Å². The first kappa shape index (κ1) is 19.3. The van der Waals surface area contributed by atoms with Crippen molar-refractivity contribution in [2.75, 3.05) is 0 Å². The summed E-state index contributed by atoms with van der Waals surface area (Å²) in [6.45, 7) is 10.4. The molecule has 0 N–H and O–H groups in total. The maximum atomic E-state index is 12.6. The fourth-order valence-electron chi connectivity index (χ4n) is 2.57. The number of hydrogen-bond acceptors (Lipinski definition) is 2. The molecule has 0 amide bonds. The van der Waals surface area contributed by atoms with E-state index in [0.717, 1.165) is 31.1 Å². The van der Waals surface area contributed by atoms with Gasteiger partial charge < -0.3 is 4.79 Å². The maximum Gasteiger partial charge on any atom is 0.150 e. The molecule has 0 aromatic heterocycles. The minimum Gasteiger partial charge on any atom is -0.302 e. The Labute approximate surface area is 141 Å². The van der Waals surface area contributed by atoms with E-state index < -0.39 is 5.92 Å². The van der Waals surface area contributed by atoms with Crippen molar-refractivity contribution < 1.29 is 9.59 Å². The van der Waals surface area contributed by atoms with Crippen LogP contribution in [-0.2, 0) is 9.59 Å². The molecule has 0 aliphatic rings. The van der Waals surface area contributed by atoms with Crippen molar-refractivity contribution in [3.8, 4) is 0 Å². The zero-order chi connectivity index (χ0) is 17.4. The van der Waals surface area contributed by atoms with Gasteiger partial charge in [-0.15, -0.1) is 0 Å². The molecule has 2 heteroatoms. The number of allylic oxidation sites excluding steroid dienone is 2. The quantitative estimate of drug-likeness (QED) is 0.346. The molecular formula is C21H30O2. The van der Waals surface area contributed by atoms with Gasteiger partial charge in [0.05, 0.1) is 5.92 Å². The second-order valence-electron chi connectivity index (χ2n) is 6.72. The zero-order valence-corrected chi connectivity index (χ0v) is 15.1. The van der Waals surface area contributed by atoms with E-state index in [4.69, 9.17) is 0 Å². The topological polar surface area (TPSA) is 34.1 Å². The molecule has 23 heavy (non-hydrogen) atoms. The fourth-order valence-corrected chi connectivity index (χ4v) is 2.57. The summed E-state index contributed by atoms with van der Waals surface area (Å²) >= 11 is 0. The number of hydrogen-bond donors (Lipinski definition) is 0. The minimum absolute atomic E-state index is 0.0276. The van der Waals surface area contributed by atoms with Crippen LogP contribution in [-0.4, -0.2) is 12.1 Å². The Balaban J connectivity index is 2.75. The first-order valence-electron chi connectivity index (χ1n) is 8.65. The Morgan fingerprint density at radius 2 is 1.65 bits per heavy atom. The Kier molecular flexibility index (Phi) is 7.94. The van der Waals surface area contributed by atoms with Crippen molar-refractivity contribution >= 4 is 12.1 Å². The Hall–Kier alpha value is -1.70. The van der Waals surface area contributed by atoms with E-state index in [-0.39, 0.29) is 11.7 Å². The molecule has 2 unspecified atom stereocenters. The van der Waals surface area contributed by atoms with Crippen LogP contribution in [0, 0.1) is 5.92 Å². The maximum absolute atomic E-state index is 12.6. The number of aldehydes is 1. The lowest BCUT2D eigenvalue weighted by Gasteiger charge is -2.16. The highest BCUT2D eigenvalue weighted by Crippen LogP contribution is 2.24. The summed E-state index contributed by atoms with van der Waals surface area (Å²) in [7, 11) is 0. The molecule has 0 saturated carbocycles. The van der Waals surface area contributed by atoms with Gasteiger partial charge in [-0.1, -0.05) is 63.6 Å². The smallest absolute Gasteiger partial charge is 0.150 e. The van der Waals surface area contributed by atoms with Crippen molar-refractivity contribution in [2.45, 2.75) is 65.7 Å². The summed E-state index contributed by atoms with van der Waals surface area (Å²) in [4.78, 5) is 24.1. The van der Waals surface area contributed by atoms with E-state index in [1.807, 2.05) is 31.2 Å². The van der Waals surface area contributed by atoms with Crippen LogP contribution in [0.5, 0.6) is 0 Å². The lowest BCUT2D eigenvalue weighted by atomic mass is 9.86. The summed E-state index contributed by atoms with van der Waals surface area (Å²) < 4.78 is 0. The molecule has 0 bridgehead atoms.